The van der Waals surface area contributed by atoms with Crippen LogP contribution in [-0.4, -0.2) is 40.3 Å². The van der Waals surface area contributed by atoms with E-state index in [-0.39, 0.29) is 19.0 Å². The summed E-state index contributed by atoms with van der Waals surface area (Å²) < 4.78 is 17.0. The fourth-order valence-electron chi connectivity index (χ4n) is 2.93. The zero-order valence-electron chi connectivity index (χ0n) is 16.2. The lowest BCUT2D eigenvalue weighted by molar-refractivity contribution is -0.0992. The van der Waals surface area contributed by atoms with Crippen LogP contribution in [-0.2, 0) is 15.9 Å². The molecule has 1 amide bonds. The second-order valence-corrected chi connectivity index (χ2v) is 6.65. The number of hydrogen-bond acceptors (Lipinski definition) is 7. The van der Waals surface area contributed by atoms with Gasteiger partial charge in [0.2, 0.25) is 0 Å². The SMILES string of the molecule is CCCCCc1ccc(OC(=O)Nc2ccn(C3COC(CO)O3)c(=O)n2)cc1. The van der Waals surface area contributed by atoms with E-state index in [1.165, 1.54) is 35.2 Å². The predicted molar refractivity (Wildman–Crippen MR) is 105 cm³/mol. The van der Waals surface area contributed by atoms with E-state index < -0.39 is 24.3 Å². The van der Waals surface area contributed by atoms with Crippen molar-refractivity contribution in [2.75, 3.05) is 18.5 Å². The quantitative estimate of drug-likeness (QED) is 0.651. The Kier molecular flexibility index (Phi) is 7.34. The second kappa shape index (κ2) is 10.1. The average molecular weight is 403 g/mol. The highest BCUT2D eigenvalue weighted by Crippen LogP contribution is 2.19. The maximum Gasteiger partial charge on any atom is 0.418 e. The molecule has 1 fully saturated rings. The number of aromatic nitrogens is 2. The van der Waals surface area contributed by atoms with Crippen LogP contribution < -0.4 is 15.7 Å². The van der Waals surface area contributed by atoms with E-state index in [1.807, 2.05) is 12.1 Å². The molecule has 0 saturated carbocycles. The molecule has 1 aliphatic heterocycles. The zero-order chi connectivity index (χ0) is 20.6. The van der Waals surface area contributed by atoms with Gasteiger partial charge < -0.3 is 19.3 Å². The van der Waals surface area contributed by atoms with E-state index in [0.717, 1.165) is 12.8 Å². The summed E-state index contributed by atoms with van der Waals surface area (Å²) in [4.78, 5) is 28.0. The first-order valence-corrected chi connectivity index (χ1v) is 9.64. The topological polar surface area (TPSA) is 112 Å². The summed E-state index contributed by atoms with van der Waals surface area (Å²) in [5.74, 6) is 0.465. The highest BCUT2D eigenvalue weighted by molar-refractivity contribution is 5.84. The maximum atomic E-state index is 12.2. The fourth-order valence-corrected chi connectivity index (χ4v) is 2.93. The van der Waals surface area contributed by atoms with Crippen LogP contribution in [0.25, 0.3) is 0 Å². The molecule has 2 heterocycles. The normalized spacial score (nSPS) is 18.6. The molecule has 1 aromatic heterocycles. The number of rotatable bonds is 8. The van der Waals surface area contributed by atoms with E-state index in [1.54, 1.807) is 12.1 Å². The minimum Gasteiger partial charge on any atom is -0.410 e. The van der Waals surface area contributed by atoms with E-state index in [4.69, 9.17) is 19.3 Å². The molecule has 1 aromatic carbocycles. The summed E-state index contributed by atoms with van der Waals surface area (Å²) in [6, 6.07) is 8.79. The van der Waals surface area contributed by atoms with E-state index in [2.05, 4.69) is 17.2 Å². The van der Waals surface area contributed by atoms with Crippen LogP contribution in [0.3, 0.4) is 0 Å². The molecule has 0 bridgehead atoms. The van der Waals surface area contributed by atoms with Crippen molar-refractivity contribution in [3.05, 3.63) is 52.6 Å². The molecule has 2 unspecified atom stereocenters. The molecular formula is C20H25N3O6. The van der Waals surface area contributed by atoms with Gasteiger partial charge in [0.15, 0.2) is 12.5 Å². The average Bonchev–Trinajstić information content (AvgIpc) is 3.18. The van der Waals surface area contributed by atoms with Gasteiger partial charge in [0.05, 0.1) is 13.2 Å². The standard InChI is InChI=1S/C20H25N3O6/c1-2-3-4-5-14-6-8-15(9-7-14)28-20(26)22-16-10-11-23(19(25)21-16)17-13-27-18(12-24)29-17/h6-11,17-18,24H,2-5,12-13H2,1H3,(H,21,22,25,26). The minimum absolute atomic E-state index is 0.0602. The smallest absolute Gasteiger partial charge is 0.410 e. The third-order valence-electron chi connectivity index (χ3n) is 4.46. The maximum absolute atomic E-state index is 12.2. The van der Waals surface area contributed by atoms with Gasteiger partial charge >= 0.3 is 11.8 Å². The Morgan fingerprint density at radius 1 is 1.31 bits per heavy atom. The monoisotopic (exact) mass is 403 g/mol. The van der Waals surface area contributed by atoms with Crippen molar-refractivity contribution >= 4 is 11.9 Å². The van der Waals surface area contributed by atoms with Gasteiger partial charge in [-0.1, -0.05) is 31.9 Å². The summed E-state index contributed by atoms with van der Waals surface area (Å²) in [6.45, 7) is 1.98. The first-order valence-electron chi connectivity index (χ1n) is 9.64. The number of nitrogens with zero attached hydrogens (tertiary/aromatic N) is 2. The Morgan fingerprint density at radius 3 is 2.76 bits per heavy atom. The lowest BCUT2D eigenvalue weighted by Crippen LogP contribution is -2.29. The van der Waals surface area contributed by atoms with Crippen molar-refractivity contribution in [1.82, 2.24) is 9.55 Å². The molecule has 156 valence electrons. The van der Waals surface area contributed by atoms with E-state index in [0.29, 0.717) is 5.75 Å². The third-order valence-corrected chi connectivity index (χ3v) is 4.46. The molecule has 1 saturated heterocycles. The molecule has 2 aromatic rings. The molecule has 2 atom stereocenters. The number of benzene rings is 1. The van der Waals surface area contributed by atoms with E-state index in [9.17, 15) is 9.59 Å². The van der Waals surface area contributed by atoms with Crippen molar-refractivity contribution in [1.29, 1.82) is 0 Å². The number of amides is 1. The molecule has 9 nitrogen and oxygen atoms in total. The summed E-state index contributed by atoms with van der Waals surface area (Å²) in [5, 5.41) is 11.4. The number of hydrogen-bond donors (Lipinski definition) is 2. The first-order chi connectivity index (χ1) is 14.1. The largest absolute Gasteiger partial charge is 0.418 e. The number of unbranched alkanes of at least 4 members (excludes halogenated alkanes) is 2. The third kappa shape index (κ3) is 5.86. The highest BCUT2D eigenvalue weighted by atomic mass is 16.7. The molecule has 0 spiro atoms. The molecule has 9 heteroatoms. The Hall–Kier alpha value is -2.75. The summed E-state index contributed by atoms with van der Waals surface area (Å²) in [5.41, 5.74) is 0.574. The van der Waals surface area contributed by atoms with Gasteiger partial charge in [-0.05, 0) is 36.6 Å². The molecule has 29 heavy (non-hydrogen) atoms. The number of carbonyl (C=O) groups excluding carboxylic acids is 1. The summed E-state index contributed by atoms with van der Waals surface area (Å²) in [7, 11) is 0. The molecular weight excluding hydrogens is 378 g/mol. The Bertz CT molecular complexity index is 867. The van der Waals surface area contributed by atoms with Gasteiger partial charge in [0.1, 0.15) is 11.6 Å². The number of carbonyl (C=O) groups is 1. The Balaban J connectivity index is 1.54. The number of aliphatic hydroxyl groups is 1. The second-order valence-electron chi connectivity index (χ2n) is 6.65. The van der Waals surface area contributed by atoms with Crippen molar-refractivity contribution in [2.45, 2.75) is 45.1 Å². The Morgan fingerprint density at radius 2 is 2.10 bits per heavy atom. The van der Waals surface area contributed by atoms with Crippen LogP contribution in [0.5, 0.6) is 5.75 Å². The van der Waals surface area contributed by atoms with Crippen molar-refractivity contribution in [3.8, 4) is 5.75 Å². The molecule has 0 radical (unpaired) electrons. The van der Waals surface area contributed by atoms with Crippen LogP contribution in [0.1, 0.15) is 38.0 Å². The fraction of sp³-hybridized carbons (Fsp3) is 0.450. The molecule has 2 N–H and O–H groups in total. The minimum atomic E-state index is -0.766. The van der Waals surface area contributed by atoms with Crippen LogP contribution in [0.4, 0.5) is 10.6 Å². The lowest BCUT2D eigenvalue weighted by Gasteiger charge is -2.13. The number of ether oxygens (including phenoxy) is 3. The van der Waals surface area contributed by atoms with Crippen molar-refractivity contribution < 1.29 is 24.1 Å². The number of aliphatic hydroxyl groups excluding tert-OH is 1. The van der Waals surface area contributed by atoms with Gasteiger partial charge in [-0.25, -0.2) is 9.59 Å². The van der Waals surface area contributed by atoms with Crippen molar-refractivity contribution in [2.24, 2.45) is 0 Å². The Labute approximate surface area is 168 Å². The summed E-state index contributed by atoms with van der Waals surface area (Å²) >= 11 is 0. The highest BCUT2D eigenvalue weighted by Gasteiger charge is 2.27. The molecule has 3 rings (SSSR count). The van der Waals surface area contributed by atoms with Gasteiger partial charge in [-0.15, -0.1) is 0 Å². The van der Waals surface area contributed by atoms with Gasteiger partial charge in [-0.3, -0.25) is 9.88 Å². The predicted octanol–water partition coefficient (Wildman–Crippen LogP) is 2.45. The van der Waals surface area contributed by atoms with Crippen LogP contribution in [0.15, 0.2) is 41.3 Å². The lowest BCUT2D eigenvalue weighted by atomic mass is 10.1. The van der Waals surface area contributed by atoms with Crippen LogP contribution >= 0.6 is 0 Å². The molecule has 1 aliphatic rings. The number of aryl methyl sites for hydroxylation is 1. The van der Waals surface area contributed by atoms with Crippen LogP contribution in [0, 0.1) is 0 Å². The molecule has 0 aliphatic carbocycles. The van der Waals surface area contributed by atoms with Gasteiger partial charge in [0.25, 0.3) is 0 Å². The van der Waals surface area contributed by atoms with Gasteiger partial charge in [0, 0.05) is 6.20 Å². The number of anilines is 1. The van der Waals surface area contributed by atoms with E-state index >= 15 is 0 Å². The zero-order valence-corrected chi connectivity index (χ0v) is 16.2. The van der Waals surface area contributed by atoms with Gasteiger partial charge in [-0.2, -0.15) is 4.98 Å². The van der Waals surface area contributed by atoms with Crippen LogP contribution in [0.2, 0.25) is 0 Å². The first kappa shape index (κ1) is 21.0. The van der Waals surface area contributed by atoms with Crippen molar-refractivity contribution in [3.63, 3.8) is 0 Å². The summed E-state index contributed by atoms with van der Waals surface area (Å²) in [6.07, 6.45) is 3.74. The number of nitrogens with one attached hydrogen (secondary N) is 1.